The molecule has 3 nitrogen and oxygen atoms in total. The van der Waals surface area contributed by atoms with Crippen molar-refractivity contribution in [2.75, 3.05) is 13.2 Å². The van der Waals surface area contributed by atoms with Gasteiger partial charge in [0, 0.05) is 25.5 Å². The van der Waals surface area contributed by atoms with Crippen LogP contribution in [0.25, 0.3) is 0 Å². The lowest BCUT2D eigenvalue weighted by molar-refractivity contribution is 0.0569. The van der Waals surface area contributed by atoms with E-state index in [2.05, 4.69) is 4.98 Å². The van der Waals surface area contributed by atoms with Crippen molar-refractivity contribution in [3.05, 3.63) is 65.7 Å². The molecule has 0 radical (unpaired) electrons. The number of aromatic nitrogens is 1. The van der Waals surface area contributed by atoms with Crippen LogP contribution in [-0.4, -0.2) is 18.1 Å². The zero-order chi connectivity index (χ0) is 14.2. The number of pyridine rings is 1. The topological polar surface area (TPSA) is 48.1 Å². The Morgan fingerprint density at radius 3 is 2.70 bits per heavy atom. The van der Waals surface area contributed by atoms with Crippen LogP contribution in [0.5, 0.6) is 0 Å². The zero-order valence-electron chi connectivity index (χ0n) is 11.3. The summed E-state index contributed by atoms with van der Waals surface area (Å²) in [6, 6.07) is 10.4. The van der Waals surface area contributed by atoms with E-state index in [1.807, 2.05) is 18.2 Å². The SMILES string of the molecule is NCC(OCCCc1ccncc1)c1cccc(F)c1. The first-order valence-electron chi connectivity index (χ1n) is 6.75. The molecule has 0 aliphatic carbocycles. The van der Waals surface area contributed by atoms with E-state index in [0.717, 1.165) is 18.4 Å². The van der Waals surface area contributed by atoms with E-state index in [1.54, 1.807) is 18.5 Å². The van der Waals surface area contributed by atoms with Gasteiger partial charge >= 0.3 is 0 Å². The summed E-state index contributed by atoms with van der Waals surface area (Å²) in [7, 11) is 0. The molecule has 0 fully saturated rings. The van der Waals surface area contributed by atoms with E-state index in [-0.39, 0.29) is 11.9 Å². The van der Waals surface area contributed by atoms with Crippen molar-refractivity contribution in [2.45, 2.75) is 18.9 Å². The maximum absolute atomic E-state index is 13.2. The first kappa shape index (κ1) is 14.6. The third-order valence-corrected chi connectivity index (χ3v) is 3.11. The summed E-state index contributed by atoms with van der Waals surface area (Å²) in [5, 5.41) is 0. The summed E-state index contributed by atoms with van der Waals surface area (Å²) in [6.07, 6.45) is 5.15. The van der Waals surface area contributed by atoms with Gasteiger partial charge in [-0.25, -0.2) is 4.39 Å². The van der Waals surface area contributed by atoms with Crippen molar-refractivity contribution in [3.63, 3.8) is 0 Å². The highest BCUT2D eigenvalue weighted by molar-refractivity contribution is 5.19. The fourth-order valence-corrected chi connectivity index (χ4v) is 2.06. The Morgan fingerprint density at radius 2 is 2.00 bits per heavy atom. The molecular formula is C16H19FN2O. The van der Waals surface area contributed by atoms with Gasteiger partial charge in [0.05, 0.1) is 6.10 Å². The summed E-state index contributed by atoms with van der Waals surface area (Å²) in [4.78, 5) is 3.98. The highest BCUT2D eigenvalue weighted by Gasteiger charge is 2.10. The fourth-order valence-electron chi connectivity index (χ4n) is 2.06. The molecule has 0 aliphatic rings. The molecule has 2 aromatic rings. The van der Waals surface area contributed by atoms with Crippen LogP contribution in [0.3, 0.4) is 0 Å². The number of rotatable bonds is 7. The van der Waals surface area contributed by atoms with E-state index in [4.69, 9.17) is 10.5 Å². The average molecular weight is 274 g/mol. The van der Waals surface area contributed by atoms with Crippen molar-refractivity contribution in [1.82, 2.24) is 4.98 Å². The molecule has 2 rings (SSSR count). The van der Waals surface area contributed by atoms with Gasteiger partial charge in [0.1, 0.15) is 5.82 Å². The number of hydrogen-bond acceptors (Lipinski definition) is 3. The first-order chi connectivity index (χ1) is 9.79. The normalized spacial score (nSPS) is 12.3. The van der Waals surface area contributed by atoms with Crippen LogP contribution in [0, 0.1) is 5.82 Å². The Balaban J connectivity index is 1.80. The number of hydrogen-bond donors (Lipinski definition) is 1. The quantitative estimate of drug-likeness (QED) is 0.790. The summed E-state index contributed by atoms with van der Waals surface area (Å²) < 4.78 is 18.9. The van der Waals surface area contributed by atoms with Crippen LogP contribution in [0.4, 0.5) is 4.39 Å². The highest BCUT2D eigenvalue weighted by Crippen LogP contribution is 2.17. The van der Waals surface area contributed by atoms with Gasteiger partial charge < -0.3 is 10.5 Å². The van der Waals surface area contributed by atoms with Crippen LogP contribution >= 0.6 is 0 Å². The Morgan fingerprint density at radius 1 is 1.20 bits per heavy atom. The second kappa shape index (κ2) is 7.72. The number of nitrogens with zero attached hydrogens (tertiary/aromatic N) is 1. The summed E-state index contributed by atoms with van der Waals surface area (Å²) in [5.41, 5.74) is 7.72. The van der Waals surface area contributed by atoms with Crippen LogP contribution in [0.2, 0.25) is 0 Å². The number of benzene rings is 1. The van der Waals surface area contributed by atoms with Gasteiger partial charge in [0.15, 0.2) is 0 Å². The Hall–Kier alpha value is -1.78. The molecule has 0 aliphatic heterocycles. The monoisotopic (exact) mass is 274 g/mol. The first-order valence-corrected chi connectivity index (χ1v) is 6.75. The smallest absolute Gasteiger partial charge is 0.123 e. The van der Waals surface area contributed by atoms with E-state index in [1.165, 1.54) is 17.7 Å². The number of ether oxygens (including phenoxy) is 1. The van der Waals surface area contributed by atoms with Crippen molar-refractivity contribution < 1.29 is 9.13 Å². The van der Waals surface area contributed by atoms with Crippen LogP contribution in [0.1, 0.15) is 23.7 Å². The molecule has 2 N–H and O–H groups in total. The van der Waals surface area contributed by atoms with Gasteiger partial charge in [0.2, 0.25) is 0 Å². The van der Waals surface area contributed by atoms with Crippen molar-refractivity contribution >= 4 is 0 Å². The van der Waals surface area contributed by atoms with Crippen molar-refractivity contribution in [1.29, 1.82) is 0 Å². The second-order valence-corrected chi connectivity index (χ2v) is 4.61. The minimum Gasteiger partial charge on any atom is -0.372 e. The molecule has 0 saturated heterocycles. The summed E-state index contributed by atoms with van der Waals surface area (Å²) >= 11 is 0. The van der Waals surface area contributed by atoms with Crippen molar-refractivity contribution in [2.24, 2.45) is 5.73 Å². The van der Waals surface area contributed by atoms with Gasteiger partial charge in [-0.2, -0.15) is 0 Å². The van der Waals surface area contributed by atoms with Crippen LogP contribution < -0.4 is 5.73 Å². The molecule has 4 heteroatoms. The number of aryl methyl sites for hydroxylation is 1. The molecule has 1 aromatic carbocycles. The lowest BCUT2D eigenvalue weighted by atomic mass is 10.1. The third kappa shape index (κ3) is 4.40. The predicted octanol–water partition coefficient (Wildman–Crippen LogP) is 2.87. The molecular weight excluding hydrogens is 255 g/mol. The lowest BCUT2D eigenvalue weighted by Crippen LogP contribution is -2.16. The van der Waals surface area contributed by atoms with Gasteiger partial charge in [-0.05, 0) is 48.2 Å². The molecule has 1 unspecified atom stereocenters. The van der Waals surface area contributed by atoms with E-state index < -0.39 is 0 Å². The minimum atomic E-state index is -0.263. The van der Waals surface area contributed by atoms with Crippen molar-refractivity contribution in [3.8, 4) is 0 Å². The summed E-state index contributed by atoms with van der Waals surface area (Å²) in [5.74, 6) is -0.263. The van der Waals surface area contributed by atoms with Gasteiger partial charge in [-0.15, -0.1) is 0 Å². The molecule has 0 spiro atoms. The molecule has 0 amide bonds. The molecule has 1 heterocycles. The average Bonchev–Trinajstić information content (AvgIpc) is 2.48. The Kier molecular flexibility index (Phi) is 5.65. The Labute approximate surface area is 118 Å². The van der Waals surface area contributed by atoms with Gasteiger partial charge in [-0.1, -0.05) is 12.1 Å². The lowest BCUT2D eigenvalue weighted by Gasteiger charge is -2.16. The van der Waals surface area contributed by atoms with Crippen LogP contribution in [0.15, 0.2) is 48.8 Å². The third-order valence-electron chi connectivity index (χ3n) is 3.11. The maximum Gasteiger partial charge on any atom is 0.123 e. The molecule has 106 valence electrons. The molecule has 1 atom stereocenters. The van der Waals surface area contributed by atoms with E-state index >= 15 is 0 Å². The standard InChI is InChI=1S/C16H19FN2O/c17-15-5-1-4-14(11-15)16(12-18)20-10-2-3-13-6-8-19-9-7-13/h1,4-9,11,16H,2-3,10,12,18H2. The second-order valence-electron chi connectivity index (χ2n) is 4.61. The summed E-state index contributed by atoms with van der Waals surface area (Å²) in [6.45, 7) is 0.944. The molecule has 0 saturated carbocycles. The number of halogens is 1. The fraction of sp³-hybridized carbons (Fsp3) is 0.312. The van der Waals surface area contributed by atoms with E-state index in [9.17, 15) is 4.39 Å². The number of nitrogens with two attached hydrogens (primary N) is 1. The zero-order valence-corrected chi connectivity index (χ0v) is 11.3. The Bertz CT molecular complexity index is 519. The van der Waals surface area contributed by atoms with E-state index in [0.29, 0.717) is 13.2 Å². The highest BCUT2D eigenvalue weighted by atomic mass is 19.1. The maximum atomic E-state index is 13.2. The van der Waals surface area contributed by atoms with Gasteiger partial charge in [0.25, 0.3) is 0 Å². The molecule has 20 heavy (non-hydrogen) atoms. The predicted molar refractivity (Wildman–Crippen MR) is 76.7 cm³/mol. The molecule has 1 aromatic heterocycles. The minimum absolute atomic E-state index is 0.247. The largest absolute Gasteiger partial charge is 0.372 e. The van der Waals surface area contributed by atoms with Gasteiger partial charge in [-0.3, -0.25) is 4.98 Å². The molecule has 0 bridgehead atoms. The van der Waals surface area contributed by atoms with Crippen LogP contribution in [-0.2, 0) is 11.2 Å².